The third kappa shape index (κ3) is 1.93. The highest BCUT2D eigenvalue weighted by Crippen LogP contribution is 2.13. The van der Waals surface area contributed by atoms with E-state index < -0.39 is 0 Å². The summed E-state index contributed by atoms with van der Waals surface area (Å²) in [6.07, 6.45) is 0.464. The minimum Gasteiger partial charge on any atom is -0.493 e. The zero-order valence-corrected chi connectivity index (χ0v) is 8.37. The monoisotopic (exact) mass is 197 g/mol. The molecule has 78 valence electrons. The van der Waals surface area contributed by atoms with Crippen LogP contribution in [-0.4, -0.2) is 21.6 Å². The first-order chi connectivity index (χ1) is 6.60. The number of aromatic nitrogens is 2. The van der Waals surface area contributed by atoms with Gasteiger partial charge in [-0.2, -0.15) is 4.98 Å². The van der Waals surface area contributed by atoms with Crippen molar-refractivity contribution in [3.05, 3.63) is 21.7 Å². The van der Waals surface area contributed by atoms with Crippen LogP contribution in [0.15, 0.2) is 4.79 Å². The Morgan fingerprint density at radius 2 is 2.29 bits per heavy atom. The molecule has 0 aliphatic carbocycles. The Kier molecular flexibility index (Phi) is 3.24. The predicted octanol–water partition coefficient (Wildman–Crippen LogP) is 0.100. The Hall–Kier alpha value is -1.36. The number of nitrogens with zero attached hydrogens (tertiary/aromatic N) is 1. The van der Waals surface area contributed by atoms with Crippen LogP contribution in [0.4, 0.5) is 0 Å². The van der Waals surface area contributed by atoms with Crippen molar-refractivity contribution in [2.24, 2.45) is 5.73 Å². The number of H-pyrrole nitrogens is 1. The van der Waals surface area contributed by atoms with E-state index in [2.05, 4.69) is 9.97 Å². The highest BCUT2D eigenvalue weighted by atomic mass is 16.3. The summed E-state index contributed by atoms with van der Waals surface area (Å²) >= 11 is 0. The summed E-state index contributed by atoms with van der Waals surface area (Å²) < 4.78 is 0. The number of hydrogen-bond acceptors (Lipinski definition) is 4. The average molecular weight is 197 g/mol. The van der Waals surface area contributed by atoms with E-state index in [4.69, 9.17) is 5.73 Å². The van der Waals surface area contributed by atoms with Crippen LogP contribution in [0.2, 0.25) is 0 Å². The number of nitrogens with one attached hydrogen (secondary N) is 1. The van der Waals surface area contributed by atoms with Crippen molar-refractivity contribution in [1.82, 2.24) is 9.97 Å². The van der Waals surface area contributed by atoms with E-state index in [0.29, 0.717) is 24.4 Å². The van der Waals surface area contributed by atoms with Gasteiger partial charge < -0.3 is 15.8 Å². The predicted molar refractivity (Wildman–Crippen MR) is 53.4 cm³/mol. The van der Waals surface area contributed by atoms with Crippen LogP contribution < -0.4 is 11.3 Å². The molecule has 1 aromatic rings. The van der Waals surface area contributed by atoms with Crippen LogP contribution in [0.3, 0.4) is 0 Å². The lowest BCUT2D eigenvalue weighted by molar-refractivity contribution is 0.437. The van der Waals surface area contributed by atoms with Crippen molar-refractivity contribution in [3.63, 3.8) is 0 Å². The molecular formula is C9H15N3O2. The Bertz CT molecular complexity index is 373. The standard InChI is InChI=1S/C9H15N3O2/c1-3-6-8(13)11-7(5(2)4-10)12-9(6)14/h5H,3-4,10H2,1-2H3,(H2,11,12,13,14). The average Bonchev–Trinajstić information content (AvgIpc) is 2.16. The molecule has 14 heavy (non-hydrogen) atoms. The number of rotatable bonds is 3. The van der Waals surface area contributed by atoms with Gasteiger partial charge in [0.15, 0.2) is 0 Å². The maximum absolute atomic E-state index is 11.4. The summed E-state index contributed by atoms with van der Waals surface area (Å²) in [6, 6.07) is 0. The molecule has 1 atom stereocenters. The molecule has 5 nitrogen and oxygen atoms in total. The van der Waals surface area contributed by atoms with E-state index in [1.807, 2.05) is 6.92 Å². The highest BCUT2D eigenvalue weighted by Gasteiger charge is 2.12. The Morgan fingerprint density at radius 3 is 2.71 bits per heavy atom. The quantitative estimate of drug-likeness (QED) is 0.640. The molecular weight excluding hydrogens is 182 g/mol. The Balaban J connectivity index is 3.21. The first-order valence-corrected chi connectivity index (χ1v) is 4.62. The molecule has 0 amide bonds. The second-order valence-corrected chi connectivity index (χ2v) is 3.24. The highest BCUT2D eigenvalue weighted by molar-refractivity contribution is 5.22. The number of hydrogen-bond donors (Lipinski definition) is 3. The summed E-state index contributed by atoms with van der Waals surface area (Å²) in [5, 5.41) is 9.44. The van der Waals surface area contributed by atoms with Crippen LogP contribution in [0.1, 0.15) is 31.2 Å². The Morgan fingerprint density at radius 1 is 1.64 bits per heavy atom. The van der Waals surface area contributed by atoms with Crippen molar-refractivity contribution in [3.8, 4) is 5.88 Å². The molecule has 0 aliphatic rings. The lowest BCUT2D eigenvalue weighted by Gasteiger charge is -2.08. The van der Waals surface area contributed by atoms with Crippen LogP contribution in [-0.2, 0) is 6.42 Å². The fraction of sp³-hybridized carbons (Fsp3) is 0.556. The maximum atomic E-state index is 11.4. The molecule has 1 unspecified atom stereocenters. The van der Waals surface area contributed by atoms with Gasteiger partial charge in [0.2, 0.25) is 5.88 Å². The van der Waals surface area contributed by atoms with Crippen LogP contribution in [0.5, 0.6) is 5.88 Å². The molecule has 0 bridgehead atoms. The van der Waals surface area contributed by atoms with Crippen molar-refractivity contribution >= 4 is 0 Å². The molecule has 0 aromatic carbocycles. The molecule has 0 saturated heterocycles. The van der Waals surface area contributed by atoms with Gasteiger partial charge in [-0.3, -0.25) is 4.79 Å². The van der Waals surface area contributed by atoms with Crippen molar-refractivity contribution < 1.29 is 5.11 Å². The van der Waals surface area contributed by atoms with Gasteiger partial charge in [-0.05, 0) is 6.42 Å². The largest absolute Gasteiger partial charge is 0.493 e. The van der Waals surface area contributed by atoms with E-state index in [1.54, 1.807) is 6.92 Å². The lowest BCUT2D eigenvalue weighted by Crippen LogP contribution is -2.20. The number of aromatic hydroxyl groups is 1. The molecule has 0 radical (unpaired) electrons. The lowest BCUT2D eigenvalue weighted by atomic mass is 10.1. The van der Waals surface area contributed by atoms with Gasteiger partial charge in [0, 0.05) is 12.5 Å². The minimum absolute atomic E-state index is 0.0560. The van der Waals surface area contributed by atoms with E-state index in [1.165, 1.54) is 0 Å². The molecule has 1 heterocycles. The molecule has 0 saturated carbocycles. The normalized spacial score (nSPS) is 12.8. The number of aromatic amines is 1. The zero-order chi connectivity index (χ0) is 10.7. The van der Waals surface area contributed by atoms with E-state index in [0.717, 1.165) is 0 Å². The topological polar surface area (TPSA) is 92.0 Å². The van der Waals surface area contributed by atoms with Crippen LogP contribution in [0.25, 0.3) is 0 Å². The first kappa shape index (κ1) is 10.7. The van der Waals surface area contributed by atoms with Crippen LogP contribution in [0, 0.1) is 0 Å². The van der Waals surface area contributed by atoms with Gasteiger partial charge in [0.25, 0.3) is 5.56 Å². The molecule has 1 rings (SSSR count). The molecule has 0 spiro atoms. The first-order valence-electron chi connectivity index (χ1n) is 4.62. The van der Waals surface area contributed by atoms with Crippen molar-refractivity contribution in [1.29, 1.82) is 0 Å². The molecule has 1 aromatic heterocycles. The second-order valence-electron chi connectivity index (χ2n) is 3.24. The summed E-state index contributed by atoms with van der Waals surface area (Å²) in [5.74, 6) is 0.193. The third-order valence-corrected chi connectivity index (χ3v) is 2.19. The number of nitrogens with two attached hydrogens (primary N) is 1. The molecule has 0 aliphatic heterocycles. The third-order valence-electron chi connectivity index (χ3n) is 2.19. The maximum Gasteiger partial charge on any atom is 0.257 e. The molecule has 0 fully saturated rings. The van der Waals surface area contributed by atoms with Gasteiger partial charge in [0.05, 0.1) is 5.56 Å². The van der Waals surface area contributed by atoms with Gasteiger partial charge in [-0.25, -0.2) is 0 Å². The Labute approximate surface area is 82.0 Å². The van der Waals surface area contributed by atoms with Crippen LogP contribution >= 0.6 is 0 Å². The SMILES string of the molecule is CCc1c(O)nc(C(C)CN)[nH]c1=O. The van der Waals surface area contributed by atoms with E-state index in [-0.39, 0.29) is 17.4 Å². The fourth-order valence-corrected chi connectivity index (χ4v) is 1.17. The fourth-order valence-electron chi connectivity index (χ4n) is 1.17. The summed E-state index contributed by atoms with van der Waals surface area (Å²) in [4.78, 5) is 17.9. The van der Waals surface area contributed by atoms with E-state index >= 15 is 0 Å². The van der Waals surface area contributed by atoms with Gasteiger partial charge >= 0.3 is 0 Å². The smallest absolute Gasteiger partial charge is 0.257 e. The summed E-state index contributed by atoms with van der Waals surface area (Å²) in [6.45, 7) is 4.01. The minimum atomic E-state index is -0.282. The zero-order valence-electron chi connectivity index (χ0n) is 8.37. The van der Waals surface area contributed by atoms with Gasteiger partial charge in [-0.1, -0.05) is 13.8 Å². The van der Waals surface area contributed by atoms with Gasteiger partial charge in [-0.15, -0.1) is 0 Å². The van der Waals surface area contributed by atoms with Gasteiger partial charge in [0.1, 0.15) is 5.82 Å². The summed E-state index contributed by atoms with van der Waals surface area (Å²) in [5.41, 5.74) is 5.47. The summed E-state index contributed by atoms with van der Waals surface area (Å²) in [7, 11) is 0. The van der Waals surface area contributed by atoms with E-state index in [9.17, 15) is 9.90 Å². The van der Waals surface area contributed by atoms with Crippen molar-refractivity contribution in [2.75, 3.05) is 6.54 Å². The second kappa shape index (κ2) is 4.23. The van der Waals surface area contributed by atoms with Crippen molar-refractivity contribution in [2.45, 2.75) is 26.2 Å². The molecule has 5 heteroatoms. The molecule has 4 N–H and O–H groups in total.